The Labute approximate surface area is 158 Å². The predicted molar refractivity (Wildman–Crippen MR) is 101 cm³/mol. The van der Waals surface area contributed by atoms with Gasteiger partial charge in [-0.2, -0.15) is 0 Å². The number of unbranched alkanes of at least 4 members (excludes halogenated alkanes) is 1. The minimum atomic E-state index is -0.562. The summed E-state index contributed by atoms with van der Waals surface area (Å²) < 4.78 is 18.3. The van der Waals surface area contributed by atoms with Gasteiger partial charge in [0.1, 0.15) is 11.9 Å². The molecule has 0 aliphatic carbocycles. The van der Waals surface area contributed by atoms with E-state index in [2.05, 4.69) is 6.92 Å². The average Bonchev–Trinajstić information content (AvgIpc) is 3.08. The number of hydrogen-bond acceptors (Lipinski definition) is 3. The van der Waals surface area contributed by atoms with Crippen molar-refractivity contribution in [2.24, 2.45) is 0 Å². The van der Waals surface area contributed by atoms with Gasteiger partial charge in [0, 0.05) is 6.42 Å². The smallest absolute Gasteiger partial charge is 0.417 e. The van der Waals surface area contributed by atoms with Crippen LogP contribution in [0.4, 0.5) is 9.18 Å². The van der Waals surface area contributed by atoms with Crippen LogP contribution in [0, 0.1) is 5.82 Å². The Kier molecular flexibility index (Phi) is 6.22. The normalized spacial score (nSPS) is 17.6. The third kappa shape index (κ3) is 4.94. The van der Waals surface area contributed by atoms with Gasteiger partial charge < -0.3 is 4.74 Å². The SMILES string of the molecule is C[C@@H](CCCCC(=O)N1C[C@H](c2ccccc2)OC1=O)c1ccc(F)cc1. The van der Waals surface area contributed by atoms with Gasteiger partial charge in [0.15, 0.2) is 0 Å². The number of amides is 2. The Morgan fingerprint density at radius 3 is 2.56 bits per heavy atom. The van der Waals surface area contributed by atoms with E-state index in [1.165, 1.54) is 17.0 Å². The number of nitrogens with zero attached hydrogens (tertiary/aromatic N) is 1. The number of imide groups is 1. The van der Waals surface area contributed by atoms with Gasteiger partial charge in [-0.1, -0.05) is 55.8 Å². The molecule has 142 valence electrons. The van der Waals surface area contributed by atoms with Crippen molar-refractivity contribution in [3.63, 3.8) is 0 Å². The zero-order valence-electron chi connectivity index (χ0n) is 15.4. The van der Waals surface area contributed by atoms with Crippen LogP contribution in [0.2, 0.25) is 0 Å². The molecule has 3 rings (SSSR count). The summed E-state index contributed by atoms with van der Waals surface area (Å²) in [6.07, 6.45) is 1.87. The molecule has 1 fully saturated rings. The maximum Gasteiger partial charge on any atom is 0.417 e. The molecule has 27 heavy (non-hydrogen) atoms. The Balaban J connectivity index is 1.43. The number of hydrogen-bond donors (Lipinski definition) is 0. The van der Waals surface area contributed by atoms with Crippen molar-refractivity contribution in [2.45, 2.75) is 44.6 Å². The van der Waals surface area contributed by atoms with Crippen LogP contribution in [0.25, 0.3) is 0 Å². The van der Waals surface area contributed by atoms with E-state index < -0.39 is 6.09 Å². The van der Waals surface area contributed by atoms with Gasteiger partial charge in [0.2, 0.25) is 5.91 Å². The molecule has 2 atom stereocenters. The topological polar surface area (TPSA) is 46.6 Å². The van der Waals surface area contributed by atoms with Gasteiger partial charge in [0.05, 0.1) is 6.54 Å². The van der Waals surface area contributed by atoms with Gasteiger partial charge in [-0.3, -0.25) is 4.79 Å². The summed E-state index contributed by atoms with van der Waals surface area (Å²) in [4.78, 5) is 25.6. The van der Waals surface area contributed by atoms with Crippen molar-refractivity contribution in [1.82, 2.24) is 4.90 Å². The first kappa shape index (κ1) is 19.1. The van der Waals surface area contributed by atoms with Gasteiger partial charge >= 0.3 is 6.09 Å². The molecule has 1 aliphatic heterocycles. The molecule has 1 saturated heterocycles. The van der Waals surface area contributed by atoms with E-state index >= 15 is 0 Å². The van der Waals surface area contributed by atoms with Crippen LogP contribution >= 0.6 is 0 Å². The number of rotatable bonds is 7. The first-order valence-electron chi connectivity index (χ1n) is 9.36. The summed E-state index contributed by atoms with van der Waals surface area (Å²) in [5.74, 6) is -0.115. The highest BCUT2D eigenvalue weighted by Crippen LogP contribution is 2.27. The summed E-state index contributed by atoms with van der Waals surface area (Å²) >= 11 is 0. The Morgan fingerprint density at radius 1 is 1.15 bits per heavy atom. The molecule has 4 nitrogen and oxygen atoms in total. The minimum absolute atomic E-state index is 0.187. The van der Waals surface area contributed by atoms with Crippen molar-refractivity contribution in [3.05, 3.63) is 71.5 Å². The van der Waals surface area contributed by atoms with E-state index in [1.54, 1.807) is 12.1 Å². The third-order valence-electron chi connectivity index (χ3n) is 5.00. The van der Waals surface area contributed by atoms with Gasteiger partial charge in [-0.15, -0.1) is 0 Å². The van der Waals surface area contributed by atoms with Crippen molar-refractivity contribution in [2.75, 3.05) is 6.54 Å². The lowest BCUT2D eigenvalue weighted by atomic mass is 9.95. The highest BCUT2D eigenvalue weighted by atomic mass is 19.1. The van der Waals surface area contributed by atoms with Crippen molar-refractivity contribution >= 4 is 12.0 Å². The van der Waals surface area contributed by atoms with E-state index in [0.717, 1.165) is 24.0 Å². The minimum Gasteiger partial charge on any atom is -0.439 e. The van der Waals surface area contributed by atoms with Crippen LogP contribution in [-0.2, 0) is 9.53 Å². The van der Waals surface area contributed by atoms with Crippen LogP contribution in [0.15, 0.2) is 54.6 Å². The van der Waals surface area contributed by atoms with Crippen molar-refractivity contribution in [1.29, 1.82) is 0 Å². The van der Waals surface area contributed by atoms with Crippen LogP contribution in [0.1, 0.15) is 55.8 Å². The van der Waals surface area contributed by atoms with Crippen LogP contribution < -0.4 is 0 Å². The fraction of sp³-hybridized carbons (Fsp3) is 0.364. The number of carbonyl (C=O) groups is 2. The molecule has 2 amide bonds. The summed E-state index contributed by atoms with van der Waals surface area (Å²) in [6.45, 7) is 2.37. The Morgan fingerprint density at radius 2 is 1.85 bits per heavy atom. The summed E-state index contributed by atoms with van der Waals surface area (Å²) in [6, 6.07) is 16.0. The molecule has 0 aromatic heterocycles. The largest absolute Gasteiger partial charge is 0.439 e. The number of cyclic esters (lactones) is 1. The van der Waals surface area contributed by atoms with E-state index in [-0.39, 0.29) is 24.4 Å². The van der Waals surface area contributed by atoms with E-state index in [0.29, 0.717) is 18.8 Å². The average molecular weight is 369 g/mol. The van der Waals surface area contributed by atoms with Gasteiger partial charge in [0.25, 0.3) is 0 Å². The number of benzene rings is 2. The maximum atomic E-state index is 13.0. The molecule has 0 unspecified atom stereocenters. The Bertz CT molecular complexity index is 776. The van der Waals surface area contributed by atoms with Gasteiger partial charge in [-0.25, -0.2) is 14.1 Å². The molecular weight excluding hydrogens is 345 g/mol. The monoisotopic (exact) mass is 369 g/mol. The molecule has 2 aromatic carbocycles. The zero-order chi connectivity index (χ0) is 19.2. The lowest BCUT2D eigenvalue weighted by Crippen LogP contribution is -2.31. The van der Waals surface area contributed by atoms with E-state index in [4.69, 9.17) is 4.74 Å². The number of ether oxygens (including phenoxy) is 1. The lowest BCUT2D eigenvalue weighted by molar-refractivity contribution is -0.127. The van der Waals surface area contributed by atoms with Crippen LogP contribution in [0.3, 0.4) is 0 Å². The molecule has 0 bridgehead atoms. The van der Waals surface area contributed by atoms with E-state index in [9.17, 15) is 14.0 Å². The maximum absolute atomic E-state index is 13.0. The molecule has 2 aromatic rings. The molecular formula is C22H24FNO3. The molecule has 1 aliphatic rings. The number of carbonyl (C=O) groups excluding carboxylic acids is 2. The second-order valence-corrected chi connectivity index (χ2v) is 6.99. The quantitative estimate of drug-likeness (QED) is 0.630. The first-order chi connectivity index (χ1) is 13.0. The summed E-state index contributed by atoms with van der Waals surface area (Å²) in [5.41, 5.74) is 1.99. The second-order valence-electron chi connectivity index (χ2n) is 6.99. The lowest BCUT2D eigenvalue weighted by Gasteiger charge is -2.13. The fourth-order valence-electron chi connectivity index (χ4n) is 3.33. The fourth-order valence-corrected chi connectivity index (χ4v) is 3.33. The second kappa shape index (κ2) is 8.80. The van der Waals surface area contributed by atoms with E-state index in [1.807, 2.05) is 30.3 Å². The molecule has 0 radical (unpaired) electrons. The molecule has 0 N–H and O–H groups in total. The zero-order valence-corrected chi connectivity index (χ0v) is 15.4. The molecule has 0 saturated carbocycles. The Hall–Kier alpha value is -2.69. The highest BCUT2D eigenvalue weighted by molar-refractivity contribution is 5.93. The highest BCUT2D eigenvalue weighted by Gasteiger charge is 2.35. The molecule has 1 heterocycles. The van der Waals surface area contributed by atoms with Crippen LogP contribution in [0.5, 0.6) is 0 Å². The standard InChI is InChI=1S/C22H24FNO3/c1-16(17-11-13-19(23)14-12-17)7-5-6-10-21(25)24-15-20(27-22(24)26)18-8-3-2-4-9-18/h2-4,8-9,11-14,16,20H,5-7,10,15H2,1H3/t16-,20+/m0/s1. The van der Waals surface area contributed by atoms with Crippen molar-refractivity contribution in [3.8, 4) is 0 Å². The predicted octanol–water partition coefficient (Wildman–Crippen LogP) is 5.21. The first-order valence-corrected chi connectivity index (χ1v) is 9.36. The summed E-state index contributed by atoms with van der Waals surface area (Å²) in [5, 5.41) is 0. The summed E-state index contributed by atoms with van der Waals surface area (Å²) in [7, 11) is 0. The number of halogens is 1. The third-order valence-corrected chi connectivity index (χ3v) is 5.00. The van der Waals surface area contributed by atoms with Crippen molar-refractivity contribution < 1.29 is 18.7 Å². The van der Waals surface area contributed by atoms with Gasteiger partial charge in [-0.05, 0) is 42.0 Å². The molecule has 5 heteroatoms. The molecule has 0 spiro atoms. The van der Waals surface area contributed by atoms with Crippen LogP contribution in [-0.4, -0.2) is 23.4 Å².